The highest BCUT2D eigenvalue weighted by Crippen LogP contribution is 2.37. The number of benzene rings is 1. The highest BCUT2D eigenvalue weighted by atomic mass is 19.4. The monoisotopic (exact) mass is 357 g/mol. The van der Waals surface area contributed by atoms with E-state index in [1.807, 2.05) is 12.1 Å². The smallest absolute Gasteiger partial charge is 0.393 e. The minimum absolute atomic E-state index is 0.0174. The van der Waals surface area contributed by atoms with Crippen LogP contribution in [0.15, 0.2) is 24.3 Å². The average molecular weight is 357 g/mol. The summed E-state index contributed by atoms with van der Waals surface area (Å²) in [5, 5.41) is 2.50. The molecule has 1 aromatic carbocycles. The van der Waals surface area contributed by atoms with Crippen LogP contribution in [-0.4, -0.2) is 24.7 Å². The van der Waals surface area contributed by atoms with E-state index in [0.717, 1.165) is 5.56 Å². The molecular weight excluding hydrogens is 331 g/mol. The largest absolute Gasteiger partial charge is 0.484 e. The van der Waals surface area contributed by atoms with Gasteiger partial charge in [0.2, 0.25) is 0 Å². The number of rotatable bonds is 4. The molecule has 2 unspecified atom stereocenters. The van der Waals surface area contributed by atoms with Crippen molar-refractivity contribution in [3.8, 4) is 5.75 Å². The van der Waals surface area contributed by atoms with Gasteiger partial charge in [-0.3, -0.25) is 4.79 Å². The molecule has 0 saturated heterocycles. The molecule has 1 aliphatic carbocycles. The van der Waals surface area contributed by atoms with Gasteiger partial charge < -0.3 is 10.1 Å². The van der Waals surface area contributed by atoms with E-state index in [0.29, 0.717) is 25.0 Å². The summed E-state index contributed by atoms with van der Waals surface area (Å²) in [6, 6.07) is 6.54. The Kier molecular flexibility index (Phi) is 6.01. The van der Waals surface area contributed by atoms with Crippen LogP contribution in [0.5, 0.6) is 5.75 Å². The maximum absolute atomic E-state index is 13.0. The Bertz CT molecular complexity index is 576. The number of halogens is 3. The van der Waals surface area contributed by atoms with E-state index >= 15 is 0 Å². The van der Waals surface area contributed by atoms with Gasteiger partial charge in [-0.05, 0) is 36.0 Å². The maximum Gasteiger partial charge on any atom is 0.393 e. The van der Waals surface area contributed by atoms with Gasteiger partial charge in [0.25, 0.3) is 5.91 Å². The summed E-state index contributed by atoms with van der Waals surface area (Å²) in [6.45, 7) is 6.00. The summed E-state index contributed by atoms with van der Waals surface area (Å²) in [5.74, 6) is -1.45. The van der Waals surface area contributed by atoms with E-state index in [4.69, 9.17) is 4.74 Å². The standard InChI is InChI=1S/C19H26F3NO2/c1-18(2,3)13-8-10-14(11-9-13)25-12-17(24)23-16-7-5-4-6-15(16)19(20,21)22/h8-11,15-16H,4-7,12H2,1-3H3,(H,23,24). The van der Waals surface area contributed by atoms with Gasteiger partial charge in [-0.25, -0.2) is 0 Å². The number of carbonyl (C=O) groups excluding carboxylic acids is 1. The zero-order valence-electron chi connectivity index (χ0n) is 15.0. The van der Waals surface area contributed by atoms with Gasteiger partial charge in [0.05, 0.1) is 5.92 Å². The second kappa shape index (κ2) is 7.67. The van der Waals surface area contributed by atoms with E-state index in [-0.39, 0.29) is 18.4 Å². The average Bonchev–Trinajstić information content (AvgIpc) is 2.52. The summed E-state index contributed by atoms with van der Waals surface area (Å²) in [4.78, 5) is 12.0. The molecule has 2 atom stereocenters. The van der Waals surface area contributed by atoms with Crippen LogP contribution in [0, 0.1) is 5.92 Å². The fourth-order valence-electron chi connectivity index (χ4n) is 3.14. The number of carbonyl (C=O) groups is 1. The number of nitrogens with one attached hydrogen (secondary N) is 1. The normalized spacial score (nSPS) is 21.7. The number of amides is 1. The lowest BCUT2D eigenvalue weighted by atomic mass is 9.84. The molecule has 0 bridgehead atoms. The number of ether oxygens (including phenoxy) is 1. The van der Waals surface area contributed by atoms with Gasteiger partial charge in [0, 0.05) is 6.04 Å². The molecule has 2 rings (SSSR count). The van der Waals surface area contributed by atoms with E-state index in [1.54, 1.807) is 12.1 Å². The fraction of sp³-hybridized carbons (Fsp3) is 0.632. The lowest BCUT2D eigenvalue weighted by molar-refractivity contribution is -0.189. The van der Waals surface area contributed by atoms with Gasteiger partial charge in [-0.15, -0.1) is 0 Å². The van der Waals surface area contributed by atoms with Crippen molar-refractivity contribution in [2.24, 2.45) is 5.92 Å². The molecule has 0 spiro atoms. The molecule has 140 valence electrons. The SMILES string of the molecule is CC(C)(C)c1ccc(OCC(=O)NC2CCCCC2C(F)(F)F)cc1. The molecule has 25 heavy (non-hydrogen) atoms. The topological polar surface area (TPSA) is 38.3 Å². The number of alkyl halides is 3. The van der Waals surface area contributed by atoms with Crippen molar-refractivity contribution < 1.29 is 22.7 Å². The molecule has 6 heteroatoms. The molecule has 1 fully saturated rings. The summed E-state index contributed by atoms with van der Waals surface area (Å²) < 4.78 is 44.5. The Labute approximate surface area is 146 Å². The molecule has 3 nitrogen and oxygen atoms in total. The number of hydrogen-bond acceptors (Lipinski definition) is 2. The van der Waals surface area contributed by atoms with Gasteiger partial charge in [-0.1, -0.05) is 45.7 Å². The van der Waals surface area contributed by atoms with Gasteiger partial charge >= 0.3 is 6.18 Å². The van der Waals surface area contributed by atoms with Crippen LogP contribution in [0.4, 0.5) is 13.2 Å². The van der Waals surface area contributed by atoms with Crippen LogP contribution in [0.1, 0.15) is 52.0 Å². The van der Waals surface area contributed by atoms with E-state index < -0.39 is 24.0 Å². The Hall–Kier alpha value is -1.72. The van der Waals surface area contributed by atoms with Crippen molar-refractivity contribution in [1.82, 2.24) is 5.32 Å². The van der Waals surface area contributed by atoms with E-state index in [2.05, 4.69) is 26.1 Å². The third-order valence-corrected chi connectivity index (χ3v) is 4.62. The van der Waals surface area contributed by atoms with Gasteiger partial charge in [0.15, 0.2) is 6.61 Å². The second-order valence-electron chi connectivity index (χ2n) is 7.67. The molecule has 1 aromatic rings. The Morgan fingerprint density at radius 1 is 1.12 bits per heavy atom. The Morgan fingerprint density at radius 2 is 1.72 bits per heavy atom. The lowest BCUT2D eigenvalue weighted by Gasteiger charge is -2.33. The molecule has 1 aliphatic rings. The van der Waals surface area contributed by atoms with Crippen molar-refractivity contribution in [2.75, 3.05) is 6.61 Å². The zero-order valence-corrected chi connectivity index (χ0v) is 15.0. The van der Waals surface area contributed by atoms with Gasteiger partial charge in [0.1, 0.15) is 5.75 Å². The van der Waals surface area contributed by atoms with Crippen molar-refractivity contribution in [3.05, 3.63) is 29.8 Å². The fourth-order valence-corrected chi connectivity index (χ4v) is 3.14. The Balaban J connectivity index is 1.87. The van der Waals surface area contributed by atoms with Crippen LogP contribution in [0.2, 0.25) is 0 Å². The molecule has 0 heterocycles. The minimum Gasteiger partial charge on any atom is -0.484 e. The van der Waals surface area contributed by atoms with Crippen LogP contribution in [-0.2, 0) is 10.2 Å². The molecule has 0 radical (unpaired) electrons. The first-order valence-corrected chi connectivity index (χ1v) is 8.67. The van der Waals surface area contributed by atoms with Crippen LogP contribution >= 0.6 is 0 Å². The van der Waals surface area contributed by atoms with Crippen molar-refractivity contribution in [3.63, 3.8) is 0 Å². The third kappa shape index (κ3) is 5.65. The third-order valence-electron chi connectivity index (χ3n) is 4.62. The summed E-state index contributed by atoms with van der Waals surface area (Å²) >= 11 is 0. The quantitative estimate of drug-likeness (QED) is 0.855. The van der Waals surface area contributed by atoms with E-state index in [1.165, 1.54) is 0 Å². The van der Waals surface area contributed by atoms with Crippen molar-refractivity contribution in [1.29, 1.82) is 0 Å². The lowest BCUT2D eigenvalue weighted by Crippen LogP contribution is -2.48. The predicted molar refractivity (Wildman–Crippen MR) is 90.6 cm³/mol. The summed E-state index contributed by atoms with van der Waals surface area (Å²) in [5.41, 5.74) is 1.16. The molecule has 1 saturated carbocycles. The first-order valence-electron chi connectivity index (χ1n) is 8.67. The summed E-state index contributed by atoms with van der Waals surface area (Å²) in [6.07, 6.45) is -2.60. The second-order valence-corrected chi connectivity index (χ2v) is 7.67. The molecule has 0 aromatic heterocycles. The van der Waals surface area contributed by atoms with Crippen molar-refractivity contribution in [2.45, 2.75) is 64.1 Å². The molecule has 1 amide bonds. The maximum atomic E-state index is 13.0. The van der Waals surface area contributed by atoms with Gasteiger partial charge in [-0.2, -0.15) is 13.2 Å². The first-order chi connectivity index (χ1) is 11.6. The zero-order chi connectivity index (χ0) is 18.7. The highest BCUT2D eigenvalue weighted by molar-refractivity contribution is 5.77. The van der Waals surface area contributed by atoms with E-state index in [9.17, 15) is 18.0 Å². The highest BCUT2D eigenvalue weighted by Gasteiger charge is 2.45. The van der Waals surface area contributed by atoms with Crippen LogP contribution in [0.25, 0.3) is 0 Å². The Morgan fingerprint density at radius 3 is 2.28 bits per heavy atom. The van der Waals surface area contributed by atoms with Crippen molar-refractivity contribution >= 4 is 5.91 Å². The van der Waals surface area contributed by atoms with Crippen LogP contribution in [0.3, 0.4) is 0 Å². The predicted octanol–water partition coefficient (Wildman–Crippen LogP) is 4.60. The number of hydrogen-bond donors (Lipinski definition) is 1. The minimum atomic E-state index is -4.28. The molecule has 0 aliphatic heterocycles. The molecule has 1 N–H and O–H groups in total. The molecular formula is C19H26F3NO2. The first kappa shape index (κ1) is 19.6. The summed E-state index contributed by atoms with van der Waals surface area (Å²) in [7, 11) is 0. The van der Waals surface area contributed by atoms with Crippen LogP contribution < -0.4 is 10.1 Å².